The Morgan fingerprint density at radius 3 is 2.45 bits per heavy atom. The van der Waals surface area contributed by atoms with Crippen molar-refractivity contribution in [3.8, 4) is 0 Å². The third-order valence-corrected chi connectivity index (χ3v) is 4.87. The molecule has 1 aliphatic heterocycles. The minimum absolute atomic E-state index is 0. The van der Waals surface area contributed by atoms with Gasteiger partial charge in [-0.05, 0) is 18.5 Å². The highest BCUT2D eigenvalue weighted by Gasteiger charge is 2.13. The van der Waals surface area contributed by atoms with E-state index >= 15 is 0 Å². The minimum atomic E-state index is -0.626. The lowest BCUT2D eigenvalue weighted by Gasteiger charge is -2.19. The molecule has 1 unspecified atom stereocenters. The Balaban J connectivity index is 0. The highest BCUT2D eigenvalue weighted by molar-refractivity contribution is 6.51. The quantitative estimate of drug-likeness (QED) is 0.636. The summed E-state index contributed by atoms with van der Waals surface area (Å²) in [5.74, 6) is 0. The van der Waals surface area contributed by atoms with E-state index in [1.54, 1.807) is 0 Å². The maximum absolute atomic E-state index is 5.66. The van der Waals surface area contributed by atoms with Gasteiger partial charge in [0.25, 0.3) is 0 Å². The Morgan fingerprint density at radius 2 is 2.00 bits per heavy atom. The molecule has 0 aromatic heterocycles. The summed E-state index contributed by atoms with van der Waals surface area (Å²) in [6.07, 6.45) is 4.08. The lowest BCUT2D eigenvalue weighted by atomic mass is 10.4. The highest BCUT2D eigenvalue weighted by Crippen LogP contribution is 2.14. The third-order valence-electron chi connectivity index (χ3n) is 1.88. The van der Waals surface area contributed by atoms with Crippen LogP contribution in [0.5, 0.6) is 0 Å². The zero-order valence-corrected chi connectivity index (χ0v) is 8.80. The van der Waals surface area contributed by atoms with Crippen molar-refractivity contribution >= 4 is 9.04 Å². The zero-order valence-electron chi connectivity index (χ0n) is 7.64. The summed E-state index contributed by atoms with van der Waals surface area (Å²) in [5, 5.41) is 0. The molecular formula is C7H22N2OSi. The van der Waals surface area contributed by atoms with Crippen LogP contribution in [-0.4, -0.2) is 15.6 Å². The Hall–Kier alpha value is 0.0969. The normalized spacial score (nSPS) is 23.2. The molecule has 1 rings (SSSR count). The zero-order chi connectivity index (χ0) is 6.53. The first-order chi connectivity index (χ1) is 4.43. The van der Waals surface area contributed by atoms with Crippen LogP contribution in [0, 0.1) is 0 Å². The molecule has 1 atom stereocenters. The number of hydrogen-bond donors (Lipinski definition) is 2. The van der Waals surface area contributed by atoms with Crippen LogP contribution < -0.4 is 12.3 Å². The van der Waals surface area contributed by atoms with Crippen molar-refractivity contribution in [3.63, 3.8) is 0 Å². The average Bonchev–Trinajstić information content (AvgIpc) is 1.91. The van der Waals surface area contributed by atoms with Crippen molar-refractivity contribution in [2.24, 2.45) is 0 Å². The molecule has 0 aliphatic carbocycles. The molecule has 0 aromatic carbocycles. The van der Waals surface area contributed by atoms with Crippen LogP contribution in [0.25, 0.3) is 0 Å². The van der Waals surface area contributed by atoms with Gasteiger partial charge in [0.1, 0.15) is 0 Å². The van der Waals surface area contributed by atoms with E-state index in [1.807, 2.05) is 0 Å². The average molecular weight is 178 g/mol. The second-order valence-electron chi connectivity index (χ2n) is 2.78. The summed E-state index contributed by atoms with van der Waals surface area (Å²) in [6, 6.07) is 2.84. The standard InChI is InChI=1S/C7H16OSi.2H3N/c1-2-6-9-7-4-3-5-8-9;;/h9H,2-7H2,1H3;2*1H3. The minimum Gasteiger partial charge on any atom is -0.420 e. The SMILES string of the molecule is CCC[SiH]1CCCCO1.N.N. The summed E-state index contributed by atoms with van der Waals surface area (Å²) < 4.78 is 5.66. The second kappa shape index (κ2) is 8.20. The molecule has 1 aliphatic rings. The molecule has 3 nitrogen and oxygen atoms in total. The molecule has 0 spiro atoms. The van der Waals surface area contributed by atoms with E-state index < -0.39 is 9.04 Å². The molecule has 70 valence electrons. The summed E-state index contributed by atoms with van der Waals surface area (Å²) in [5.41, 5.74) is 0. The highest BCUT2D eigenvalue weighted by atomic mass is 28.3. The molecule has 0 radical (unpaired) electrons. The molecule has 1 heterocycles. The van der Waals surface area contributed by atoms with E-state index in [9.17, 15) is 0 Å². The molecular weight excluding hydrogens is 156 g/mol. The lowest BCUT2D eigenvalue weighted by Crippen LogP contribution is -2.22. The first kappa shape index (κ1) is 13.7. The molecule has 0 amide bonds. The van der Waals surface area contributed by atoms with Gasteiger partial charge in [-0.3, -0.25) is 0 Å². The van der Waals surface area contributed by atoms with Crippen molar-refractivity contribution in [1.82, 2.24) is 12.3 Å². The molecule has 1 fully saturated rings. The van der Waals surface area contributed by atoms with Gasteiger partial charge in [-0.15, -0.1) is 0 Å². The van der Waals surface area contributed by atoms with Crippen LogP contribution in [0.2, 0.25) is 12.1 Å². The predicted molar refractivity (Wildman–Crippen MR) is 52.3 cm³/mol. The van der Waals surface area contributed by atoms with Gasteiger partial charge in [0.15, 0.2) is 9.04 Å². The Kier molecular flexibility index (Phi) is 10.2. The molecule has 0 aromatic rings. The van der Waals surface area contributed by atoms with Crippen molar-refractivity contribution in [1.29, 1.82) is 0 Å². The fraction of sp³-hybridized carbons (Fsp3) is 1.00. The summed E-state index contributed by atoms with van der Waals surface area (Å²) in [4.78, 5) is 0. The van der Waals surface area contributed by atoms with E-state index in [1.165, 1.54) is 31.4 Å². The monoisotopic (exact) mass is 178 g/mol. The van der Waals surface area contributed by atoms with Gasteiger partial charge in [0, 0.05) is 6.61 Å². The van der Waals surface area contributed by atoms with Crippen LogP contribution in [0.1, 0.15) is 26.2 Å². The van der Waals surface area contributed by atoms with Crippen LogP contribution >= 0.6 is 0 Å². The molecule has 1 saturated heterocycles. The summed E-state index contributed by atoms with van der Waals surface area (Å²) in [6.45, 7) is 3.32. The van der Waals surface area contributed by atoms with E-state index in [-0.39, 0.29) is 12.3 Å². The largest absolute Gasteiger partial charge is 0.420 e. The van der Waals surface area contributed by atoms with Gasteiger partial charge >= 0.3 is 0 Å². The van der Waals surface area contributed by atoms with E-state index in [0.29, 0.717) is 0 Å². The van der Waals surface area contributed by atoms with Crippen molar-refractivity contribution in [2.45, 2.75) is 38.3 Å². The van der Waals surface area contributed by atoms with Crippen LogP contribution in [0.4, 0.5) is 0 Å². The fourth-order valence-corrected chi connectivity index (χ4v) is 3.87. The summed E-state index contributed by atoms with van der Waals surface area (Å²) in [7, 11) is -0.626. The van der Waals surface area contributed by atoms with E-state index in [2.05, 4.69) is 6.92 Å². The second-order valence-corrected chi connectivity index (χ2v) is 5.51. The van der Waals surface area contributed by atoms with Gasteiger partial charge < -0.3 is 16.7 Å². The topological polar surface area (TPSA) is 79.2 Å². The van der Waals surface area contributed by atoms with Crippen molar-refractivity contribution < 1.29 is 4.43 Å². The lowest BCUT2D eigenvalue weighted by molar-refractivity contribution is 0.286. The Labute approximate surface area is 71.4 Å². The molecule has 0 bridgehead atoms. The van der Waals surface area contributed by atoms with Crippen LogP contribution in [0.3, 0.4) is 0 Å². The van der Waals surface area contributed by atoms with Gasteiger partial charge in [-0.25, -0.2) is 0 Å². The summed E-state index contributed by atoms with van der Waals surface area (Å²) >= 11 is 0. The van der Waals surface area contributed by atoms with Crippen molar-refractivity contribution in [2.75, 3.05) is 6.61 Å². The maximum atomic E-state index is 5.66. The van der Waals surface area contributed by atoms with Gasteiger partial charge in [-0.2, -0.15) is 0 Å². The van der Waals surface area contributed by atoms with E-state index in [0.717, 1.165) is 6.61 Å². The van der Waals surface area contributed by atoms with Gasteiger partial charge in [0.2, 0.25) is 0 Å². The fourth-order valence-electron chi connectivity index (χ4n) is 1.36. The molecule has 0 saturated carbocycles. The molecule has 6 N–H and O–H groups in total. The smallest absolute Gasteiger partial charge is 0.176 e. The van der Waals surface area contributed by atoms with Gasteiger partial charge in [0.05, 0.1) is 0 Å². The Bertz CT molecular complexity index is 74.1. The van der Waals surface area contributed by atoms with Gasteiger partial charge in [-0.1, -0.05) is 19.8 Å². The van der Waals surface area contributed by atoms with Crippen LogP contribution in [0.15, 0.2) is 0 Å². The third kappa shape index (κ3) is 5.38. The van der Waals surface area contributed by atoms with Crippen LogP contribution in [-0.2, 0) is 4.43 Å². The molecule has 4 heteroatoms. The molecule has 11 heavy (non-hydrogen) atoms. The Morgan fingerprint density at radius 1 is 1.27 bits per heavy atom. The first-order valence-corrected chi connectivity index (χ1v) is 6.15. The predicted octanol–water partition coefficient (Wildman–Crippen LogP) is 2.25. The number of rotatable bonds is 2. The maximum Gasteiger partial charge on any atom is 0.176 e. The van der Waals surface area contributed by atoms with E-state index in [4.69, 9.17) is 4.43 Å². The number of hydrogen-bond acceptors (Lipinski definition) is 3. The first-order valence-electron chi connectivity index (χ1n) is 4.05. The van der Waals surface area contributed by atoms with Crippen molar-refractivity contribution in [3.05, 3.63) is 0 Å².